The molecule has 156 valence electrons. The number of nitrogens with one attached hydrogen (secondary N) is 1. The van der Waals surface area contributed by atoms with E-state index in [0.29, 0.717) is 11.3 Å². The van der Waals surface area contributed by atoms with Crippen molar-refractivity contribution in [1.82, 2.24) is 5.32 Å². The van der Waals surface area contributed by atoms with Crippen molar-refractivity contribution in [1.29, 1.82) is 0 Å². The average molecular weight is 423 g/mol. The SMILES string of the molecule is CCS(=O)(=O)N(C)c1ccc(C(=O)NC(c2ccccc2)c2ccccc2C)cc1. The zero-order chi connectivity index (χ0) is 21.7. The fraction of sp³-hybridized carbons (Fsp3) is 0.208. The van der Waals surface area contributed by atoms with Crippen LogP contribution in [-0.2, 0) is 10.0 Å². The Labute approximate surface area is 178 Å². The van der Waals surface area contributed by atoms with Crippen molar-refractivity contribution in [3.8, 4) is 0 Å². The van der Waals surface area contributed by atoms with Crippen LogP contribution in [0.15, 0.2) is 78.9 Å². The number of sulfonamides is 1. The number of benzene rings is 3. The molecule has 5 nitrogen and oxygen atoms in total. The summed E-state index contributed by atoms with van der Waals surface area (Å²) in [4.78, 5) is 13.0. The van der Waals surface area contributed by atoms with Gasteiger partial charge < -0.3 is 5.32 Å². The van der Waals surface area contributed by atoms with Gasteiger partial charge in [-0.1, -0.05) is 54.6 Å². The van der Waals surface area contributed by atoms with Crippen LogP contribution < -0.4 is 9.62 Å². The van der Waals surface area contributed by atoms with Crippen LogP contribution in [0, 0.1) is 6.92 Å². The van der Waals surface area contributed by atoms with Crippen LogP contribution in [0.1, 0.15) is 40.0 Å². The Kier molecular flexibility index (Phi) is 6.57. The molecule has 0 saturated heterocycles. The number of hydrogen-bond acceptors (Lipinski definition) is 3. The predicted octanol–water partition coefficient (Wildman–Crippen LogP) is 4.30. The lowest BCUT2D eigenvalue weighted by Gasteiger charge is -2.22. The van der Waals surface area contributed by atoms with E-state index in [1.165, 1.54) is 11.4 Å². The van der Waals surface area contributed by atoms with E-state index < -0.39 is 10.0 Å². The summed E-state index contributed by atoms with van der Waals surface area (Å²) in [7, 11) is -1.84. The van der Waals surface area contributed by atoms with Crippen LogP contribution in [-0.4, -0.2) is 27.1 Å². The number of rotatable bonds is 7. The molecule has 0 spiro atoms. The molecule has 0 aliphatic rings. The Balaban J connectivity index is 1.87. The Hall–Kier alpha value is -3.12. The van der Waals surface area contributed by atoms with Gasteiger partial charge in [-0.2, -0.15) is 0 Å². The fourth-order valence-corrected chi connectivity index (χ4v) is 4.12. The minimum absolute atomic E-state index is 0.0148. The lowest BCUT2D eigenvalue weighted by atomic mass is 9.94. The highest BCUT2D eigenvalue weighted by molar-refractivity contribution is 7.92. The van der Waals surface area contributed by atoms with Crippen molar-refractivity contribution in [2.24, 2.45) is 0 Å². The maximum Gasteiger partial charge on any atom is 0.252 e. The summed E-state index contributed by atoms with van der Waals surface area (Å²) >= 11 is 0. The van der Waals surface area contributed by atoms with Crippen LogP contribution in [0.25, 0.3) is 0 Å². The first-order valence-corrected chi connectivity index (χ1v) is 11.4. The smallest absolute Gasteiger partial charge is 0.252 e. The first-order chi connectivity index (χ1) is 14.3. The minimum Gasteiger partial charge on any atom is -0.341 e. The topological polar surface area (TPSA) is 66.5 Å². The fourth-order valence-electron chi connectivity index (χ4n) is 3.29. The Morgan fingerprint density at radius 3 is 2.13 bits per heavy atom. The summed E-state index contributed by atoms with van der Waals surface area (Å²) in [6.45, 7) is 3.62. The number of hydrogen-bond donors (Lipinski definition) is 1. The minimum atomic E-state index is -3.35. The van der Waals surface area contributed by atoms with E-state index >= 15 is 0 Å². The van der Waals surface area contributed by atoms with Gasteiger partial charge in [0.15, 0.2) is 0 Å². The lowest BCUT2D eigenvalue weighted by molar-refractivity contribution is 0.0943. The molecule has 30 heavy (non-hydrogen) atoms. The molecule has 0 aliphatic carbocycles. The Bertz CT molecular complexity index is 1110. The van der Waals surface area contributed by atoms with Crippen molar-refractivity contribution in [2.45, 2.75) is 19.9 Å². The third-order valence-corrected chi connectivity index (χ3v) is 6.96. The molecule has 1 atom stereocenters. The summed E-state index contributed by atoms with van der Waals surface area (Å²) in [5, 5.41) is 3.13. The second-order valence-corrected chi connectivity index (χ2v) is 9.38. The summed E-state index contributed by atoms with van der Waals surface area (Å²) in [6, 6.07) is 24.1. The highest BCUT2D eigenvalue weighted by Gasteiger charge is 2.20. The summed E-state index contributed by atoms with van der Waals surface area (Å²) < 4.78 is 25.3. The Morgan fingerprint density at radius 1 is 0.933 bits per heavy atom. The van der Waals surface area contributed by atoms with Gasteiger partial charge in [0.2, 0.25) is 10.0 Å². The number of nitrogens with zero attached hydrogens (tertiary/aromatic N) is 1. The van der Waals surface area contributed by atoms with Crippen LogP contribution >= 0.6 is 0 Å². The van der Waals surface area contributed by atoms with Crippen molar-refractivity contribution in [3.05, 3.63) is 101 Å². The molecule has 1 N–H and O–H groups in total. The largest absolute Gasteiger partial charge is 0.341 e. The second kappa shape index (κ2) is 9.13. The first-order valence-electron chi connectivity index (χ1n) is 9.81. The molecule has 3 rings (SSSR count). The van der Waals surface area contributed by atoms with E-state index in [-0.39, 0.29) is 17.7 Å². The van der Waals surface area contributed by atoms with Crippen molar-refractivity contribution in [3.63, 3.8) is 0 Å². The van der Waals surface area contributed by atoms with Gasteiger partial charge in [0.1, 0.15) is 0 Å². The predicted molar refractivity (Wildman–Crippen MR) is 121 cm³/mol. The van der Waals surface area contributed by atoms with E-state index in [0.717, 1.165) is 16.7 Å². The van der Waals surface area contributed by atoms with E-state index in [1.54, 1.807) is 31.2 Å². The molecule has 0 fully saturated rings. The maximum atomic E-state index is 13.0. The summed E-state index contributed by atoms with van der Waals surface area (Å²) in [5.74, 6) is -0.208. The van der Waals surface area contributed by atoms with E-state index in [9.17, 15) is 13.2 Å². The quantitative estimate of drug-likeness (QED) is 0.617. The van der Waals surface area contributed by atoms with Crippen LogP contribution in [0.2, 0.25) is 0 Å². The van der Waals surface area contributed by atoms with Gasteiger partial charge in [0.05, 0.1) is 17.5 Å². The second-order valence-electron chi connectivity index (χ2n) is 7.09. The molecule has 0 saturated carbocycles. The van der Waals surface area contributed by atoms with Gasteiger partial charge in [-0.3, -0.25) is 9.10 Å². The van der Waals surface area contributed by atoms with Crippen molar-refractivity contribution < 1.29 is 13.2 Å². The third-order valence-electron chi connectivity index (χ3n) is 5.18. The number of amides is 1. The normalized spacial score (nSPS) is 12.2. The third kappa shape index (κ3) is 4.71. The van der Waals surface area contributed by atoms with Crippen LogP contribution in [0.3, 0.4) is 0 Å². The van der Waals surface area contributed by atoms with E-state index in [4.69, 9.17) is 0 Å². The van der Waals surface area contributed by atoms with Crippen molar-refractivity contribution in [2.75, 3.05) is 17.1 Å². The highest BCUT2D eigenvalue weighted by atomic mass is 32.2. The average Bonchev–Trinajstić information content (AvgIpc) is 2.78. The van der Waals surface area contributed by atoms with Gasteiger partial charge in [-0.15, -0.1) is 0 Å². The molecule has 0 heterocycles. The van der Waals surface area contributed by atoms with Gasteiger partial charge in [-0.25, -0.2) is 8.42 Å². The molecule has 0 aliphatic heterocycles. The molecule has 1 amide bonds. The van der Waals surface area contributed by atoms with E-state index in [2.05, 4.69) is 5.32 Å². The summed E-state index contributed by atoms with van der Waals surface area (Å²) in [6.07, 6.45) is 0. The van der Waals surface area contributed by atoms with Crippen LogP contribution in [0.4, 0.5) is 5.69 Å². The molecule has 0 radical (unpaired) electrons. The summed E-state index contributed by atoms with van der Waals surface area (Å²) in [5.41, 5.74) is 4.10. The maximum absolute atomic E-state index is 13.0. The monoisotopic (exact) mass is 422 g/mol. The number of carbonyl (C=O) groups is 1. The Morgan fingerprint density at radius 2 is 1.53 bits per heavy atom. The molecule has 0 bridgehead atoms. The molecule has 6 heteroatoms. The number of carbonyl (C=O) groups excluding carboxylic acids is 1. The molecule has 1 unspecified atom stereocenters. The zero-order valence-corrected chi connectivity index (χ0v) is 18.2. The van der Waals surface area contributed by atoms with Gasteiger partial charge in [0.25, 0.3) is 5.91 Å². The molecule has 3 aromatic rings. The lowest BCUT2D eigenvalue weighted by Crippen LogP contribution is -2.30. The number of aryl methyl sites for hydroxylation is 1. The molecule has 0 aromatic heterocycles. The van der Waals surface area contributed by atoms with Crippen molar-refractivity contribution >= 4 is 21.6 Å². The van der Waals surface area contributed by atoms with E-state index in [1.807, 2.05) is 61.5 Å². The van der Waals surface area contributed by atoms with Gasteiger partial charge in [0, 0.05) is 12.6 Å². The standard InChI is InChI=1S/C24H26N2O3S/c1-4-30(28,29)26(3)21-16-14-20(15-17-21)24(27)25-23(19-11-6-5-7-12-19)22-13-9-8-10-18(22)2/h5-17,23H,4H2,1-3H3,(H,25,27). The zero-order valence-electron chi connectivity index (χ0n) is 17.4. The molecule has 3 aromatic carbocycles. The molecular formula is C24H26N2O3S. The number of anilines is 1. The van der Waals surface area contributed by atoms with Gasteiger partial charge in [-0.05, 0) is 54.8 Å². The highest BCUT2D eigenvalue weighted by Crippen LogP contribution is 2.25. The van der Waals surface area contributed by atoms with Crippen LogP contribution in [0.5, 0.6) is 0 Å². The first kappa shape index (κ1) is 21.6. The molecular weight excluding hydrogens is 396 g/mol. The van der Waals surface area contributed by atoms with Gasteiger partial charge >= 0.3 is 0 Å².